The third-order valence-corrected chi connectivity index (χ3v) is 7.38. The number of pyridine rings is 1. The number of nitriles is 1. The third kappa shape index (κ3) is 4.68. The van der Waals surface area contributed by atoms with Crippen LogP contribution in [0.25, 0.3) is 10.9 Å². The first-order chi connectivity index (χ1) is 18.7. The number of aromatic nitrogens is 1. The number of benzene rings is 2. The van der Waals surface area contributed by atoms with E-state index in [4.69, 9.17) is 10.00 Å². The van der Waals surface area contributed by atoms with Gasteiger partial charge in [0.2, 0.25) is 11.8 Å². The average Bonchev–Trinajstić information content (AvgIpc) is 3.37. The van der Waals surface area contributed by atoms with Gasteiger partial charge >= 0.3 is 0 Å². The maximum Gasteiger partial charge on any atom is 0.297 e. The number of hydrogen-bond acceptors (Lipinski definition) is 7. The van der Waals surface area contributed by atoms with E-state index in [1.165, 1.54) is 17.0 Å². The number of carbonyl (C=O) groups excluding carboxylic acids is 3. The lowest BCUT2D eigenvalue weighted by Gasteiger charge is -2.29. The van der Waals surface area contributed by atoms with Crippen molar-refractivity contribution in [3.8, 4) is 11.8 Å². The van der Waals surface area contributed by atoms with Crippen molar-refractivity contribution < 1.29 is 27.9 Å². The number of nitrogens with zero attached hydrogens (tertiary/aromatic N) is 4. The first-order valence-corrected chi connectivity index (χ1v) is 12.5. The van der Waals surface area contributed by atoms with Crippen molar-refractivity contribution in [2.24, 2.45) is 0 Å². The number of halogens is 2. The summed E-state index contributed by atoms with van der Waals surface area (Å²) in [6.07, 6.45) is -0.984. The molecule has 11 heteroatoms. The number of amides is 3. The number of imide groups is 1. The van der Waals surface area contributed by atoms with Crippen molar-refractivity contribution in [3.05, 3.63) is 70.9 Å². The van der Waals surface area contributed by atoms with Crippen molar-refractivity contribution in [1.29, 1.82) is 5.26 Å². The van der Waals surface area contributed by atoms with Crippen LogP contribution in [-0.4, -0.2) is 63.7 Å². The lowest BCUT2D eigenvalue weighted by molar-refractivity contribution is -0.136. The standard InChI is InChI=1S/C28H23F2N5O4/c29-28(30)15-34(12-16-1-6-22-17(9-16)2-3-19(11-31)32-22)14-24(28)39-20-4-5-21-18(10-20)13-35(27(21)38)23-7-8-25(36)33-26(23)37/h1-6,9-10,23-24H,7-8,12-15H2,(H,33,36,37)/t23?,24-/m1/s1. The number of alkyl halides is 2. The van der Waals surface area contributed by atoms with Crippen LogP contribution in [0, 0.1) is 11.3 Å². The Bertz CT molecular complexity index is 1570. The minimum atomic E-state index is -3.09. The van der Waals surface area contributed by atoms with Gasteiger partial charge in [-0.15, -0.1) is 0 Å². The first kappa shape index (κ1) is 24.9. The molecule has 0 bridgehead atoms. The maximum atomic E-state index is 15.0. The Morgan fingerprint density at radius 2 is 1.97 bits per heavy atom. The van der Waals surface area contributed by atoms with Crippen LogP contribution in [0.2, 0.25) is 0 Å². The average molecular weight is 532 g/mol. The topological polar surface area (TPSA) is 116 Å². The monoisotopic (exact) mass is 531 g/mol. The zero-order chi connectivity index (χ0) is 27.3. The first-order valence-electron chi connectivity index (χ1n) is 12.5. The molecule has 0 aliphatic carbocycles. The fourth-order valence-corrected chi connectivity index (χ4v) is 5.46. The highest BCUT2D eigenvalue weighted by molar-refractivity contribution is 6.05. The van der Waals surface area contributed by atoms with Gasteiger partial charge in [0.1, 0.15) is 23.6 Å². The number of fused-ring (bicyclic) bond motifs is 2. The van der Waals surface area contributed by atoms with Crippen LogP contribution in [-0.2, 0) is 22.7 Å². The van der Waals surface area contributed by atoms with E-state index in [2.05, 4.69) is 10.3 Å². The number of carbonyl (C=O) groups is 3. The van der Waals surface area contributed by atoms with Crippen LogP contribution < -0.4 is 10.1 Å². The molecule has 3 aromatic rings. The van der Waals surface area contributed by atoms with Gasteiger partial charge in [0.05, 0.1) is 12.1 Å². The van der Waals surface area contributed by atoms with Crippen LogP contribution >= 0.6 is 0 Å². The number of piperidine rings is 1. The molecule has 39 heavy (non-hydrogen) atoms. The molecule has 1 aromatic heterocycles. The quantitative estimate of drug-likeness (QED) is 0.504. The van der Waals surface area contributed by atoms with Gasteiger partial charge in [-0.3, -0.25) is 24.6 Å². The second-order valence-electron chi connectivity index (χ2n) is 10.1. The fraction of sp³-hybridized carbons (Fsp3) is 0.321. The Labute approximate surface area is 222 Å². The molecular weight excluding hydrogens is 508 g/mol. The number of likely N-dealkylation sites (tertiary alicyclic amines) is 1. The van der Waals surface area contributed by atoms with Gasteiger partial charge in [-0.1, -0.05) is 6.07 Å². The van der Waals surface area contributed by atoms with Gasteiger partial charge in [-0.25, -0.2) is 13.8 Å². The van der Waals surface area contributed by atoms with Crippen LogP contribution in [0.3, 0.4) is 0 Å². The van der Waals surface area contributed by atoms with E-state index >= 15 is 0 Å². The Morgan fingerprint density at radius 3 is 2.77 bits per heavy atom. The molecule has 3 aliphatic rings. The predicted octanol–water partition coefficient (Wildman–Crippen LogP) is 2.77. The molecule has 0 saturated carbocycles. The molecule has 4 heterocycles. The molecule has 2 aromatic carbocycles. The molecule has 1 N–H and O–H groups in total. The number of ether oxygens (including phenoxy) is 1. The van der Waals surface area contributed by atoms with Crippen LogP contribution in [0.1, 0.15) is 40.0 Å². The summed E-state index contributed by atoms with van der Waals surface area (Å²) in [4.78, 5) is 43.9. The van der Waals surface area contributed by atoms with E-state index in [1.807, 2.05) is 18.2 Å². The van der Waals surface area contributed by atoms with Gasteiger partial charge in [0, 0.05) is 37.0 Å². The van der Waals surface area contributed by atoms with E-state index in [0.29, 0.717) is 28.9 Å². The molecule has 3 aliphatic heterocycles. The smallest absolute Gasteiger partial charge is 0.297 e. The van der Waals surface area contributed by atoms with Gasteiger partial charge in [0.25, 0.3) is 11.8 Å². The molecule has 2 fully saturated rings. The number of rotatable bonds is 5. The molecular formula is C28H23F2N5O4. The van der Waals surface area contributed by atoms with E-state index in [9.17, 15) is 23.2 Å². The third-order valence-electron chi connectivity index (χ3n) is 7.38. The molecule has 6 rings (SSSR count). The zero-order valence-corrected chi connectivity index (χ0v) is 20.7. The minimum absolute atomic E-state index is 0.00900. The largest absolute Gasteiger partial charge is 0.483 e. The van der Waals surface area contributed by atoms with E-state index in [1.54, 1.807) is 29.2 Å². The van der Waals surface area contributed by atoms with Crippen molar-refractivity contribution in [1.82, 2.24) is 20.1 Å². The summed E-state index contributed by atoms with van der Waals surface area (Å²) in [5.74, 6) is -4.08. The summed E-state index contributed by atoms with van der Waals surface area (Å²) < 4.78 is 35.7. The van der Waals surface area contributed by atoms with Gasteiger partial charge in [-0.2, -0.15) is 5.26 Å². The maximum absolute atomic E-state index is 15.0. The van der Waals surface area contributed by atoms with Gasteiger partial charge in [-0.05, 0) is 60.0 Å². The highest BCUT2D eigenvalue weighted by Gasteiger charge is 2.50. The molecule has 3 amide bonds. The zero-order valence-electron chi connectivity index (χ0n) is 20.7. The second-order valence-corrected chi connectivity index (χ2v) is 10.1. The van der Waals surface area contributed by atoms with Crippen molar-refractivity contribution >= 4 is 28.6 Å². The Balaban J connectivity index is 1.13. The number of hydrogen-bond donors (Lipinski definition) is 1. The number of nitrogens with one attached hydrogen (secondary N) is 1. The van der Waals surface area contributed by atoms with E-state index in [-0.39, 0.29) is 43.5 Å². The Kier molecular flexibility index (Phi) is 5.99. The molecule has 2 atom stereocenters. The van der Waals surface area contributed by atoms with Gasteiger partial charge < -0.3 is 9.64 Å². The molecule has 198 valence electrons. The second kappa shape index (κ2) is 9.39. The van der Waals surface area contributed by atoms with Crippen LogP contribution in [0.5, 0.6) is 5.75 Å². The summed E-state index contributed by atoms with van der Waals surface area (Å²) in [6.45, 7) is -0.0222. The summed E-state index contributed by atoms with van der Waals surface area (Å²) in [7, 11) is 0. The normalized spacial score (nSPS) is 22.6. The lowest BCUT2D eigenvalue weighted by atomic mass is 10.0. The van der Waals surface area contributed by atoms with Crippen molar-refractivity contribution in [2.45, 2.75) is 44.0 Å². The summed E-state index contributed by atoms with van der Waals surface area (Å²) >= 11 is 0. The van der Waals surface area contributed by atoms with Gasteiger partial charge in [0.15, 0.2) is 6.10 Å². The summed E-state index contributed by atoms with van der Waals surface area (Å²) in [5.41, 5.74) is 2.80. The minimum Gasteiger partial charge on any atom is -0.483 e. The van der Waals surface area contributed by atoms with Crippen molar-refractivity contribution in [3.63, 3.8) is 0 Å². The molecule has 2 saturated heterocycles. The summed E-state index contributed by atoms with van der Waals surface area (Å²) in [5, 5.41) is 12.1. The lowest BCUT2D eigenvalue weighted by Crippen LogP contribution is -2.52. The SMILES string of the molecule is N#Cc1ccc2cc(CN3C[C@@H](Oc4ccc5c(c4)CN(C4CCC(=O)NC4=O)C5=O)C(F)(F)C3)ccc2n1. The van der Waals surface area contributed by atoms with E-state index < -0.39 is 30.5 Å². The fourth-order valence-electron chi connectivity index (χ4n) is 5.46. The molecule has 1 unspecified atom stereocenters. The van der Waals surface area contributed by atoms with Crippen molar-refractivity contribution in [2.75, 3.05) is 13.1 Å². The van der Waals surface area contributed by atoms with Crippen LogP contribution in [0.15, 0.2) is 48.5 Å². The highest BCUT2D eigenvalue weighted by atomic mass is 19.3. The Hall–Kier alpha value is -4.43. The van der Waals surface area contributed by atoms with E-state index in [0.717, 1.165) is 10.9 Å². The summed E-state index contributed by atoms with van der Waals surface area (Å²) in [6, 6.07) is 14.7. The highest BCUT2D eigenvalue weighted by Crippen LogP contribution is 2.35. The predicted molar refractivity (Wildman–Crippen MR) is 134 cm³/mol. The van der Waals surface area contributed by atoms with Crippen LogP contribution in [0.4, 0.5) is 8.78 Å². The molecule has 9 nitrogen and oxygen atoms in total. The molecule has 0 radical (unpaired) electrons. The Morgan fingerprint density at radius 1 is 1.13 bits per heavy atom. The molecule has 0 spiro atoms.